The maximum absolute atomic E-state index is 10.6. The van der Waals surface area contributed by atoms with Crippen LogP contribution in [0.3, 0.4) is 0 Å². The number of hydrogen-bond acceptors (Lipinski definition) is 3. The monoisotopic (exact) mass is 261 g/mol. The molecule has 1 aromatic rings. The van der Waals surface area contributed by atoms with Crippen molar-refractivity contribution in [2.75, 3.05) is 13.6 Å². The third-order valence-electron chi connectivity index (χ3n) is 2.42. The fourth-order valence-electron chi connectivity index (χ4n) is 1.32. The Bertz CT molecular complexity index is 354. The number of rotatable bonds is 6. The van der Waals surface area contributed by atoms with Gasteiger partial charge in [-0.15, -0.1) is 11.3 Å². The molecule has 0 aliphatic heterocycles. The molecule has 1 atom stereocenters. The van der Waals surface area contributed by atoms with Crippen LogP contribution in [0.5, 0.6) is 0 Å². The molecule has 0 aliphatic carbocycles. The molecule has 0 saturated heterocycles. The van der Waals surface area contributed by atoms with E-state index in [1.165, 1.54) is 4.88 Å². The fraction of sp³-hybridized carbons (Fsp3) is 0.545. The van der Waals surface area contributed by atoms with Gasteiger partial charge in [0.05, 0.1) is 10.3 Å². The number of carboxylic acid groups (broad SMARTS) is 1. The van der Waals surface area contributed by atoms with Crippen LogP contribution in [0.25, 0.3) is 0 Å². The summed E-state index contributed by atoms with van der Waals surface area (Å²) in [6.07, 6.45) is 0.672. The molecule has 0 fully saturated rings. The van der Waals surface area contributed by atoms with Crippen LogP contribution in [0.1, 0.15) is 18.2 Å². The van der Waals surface area contributed by atoms with Crippen molar-refractivity contribution in [3.8, 4) is 0 Å². The third kappa shape index (κ3) is 4.51. The smallest absolute Gasteiger partial charge is 0.306 e. The molecule has 3 nitrogen and oxygen atoms in total. The molecule has 0 saturated carbocycles. The summed E-state index contributed by atoms with van der Waals surface area (Å²) in [4.78, 5) is 14.0. The Balaban J connectivity index is 2.31. The molecule has 90 valence electrons. The fourth-order valence-corrected chi connectivity index (χ4v) is 2.49. The van der Waals surface area contributed by atoms with Crippen LogP contribution < -0.4 is 0 Å². The zero-order valence-electron chi connectivity index (χ0n) is 9.44. The second-order valence-corrected chi connectivity index (χ2v) is 5.77. The molecule has 1 rings (SSSR count). The van der Waals surface area contributed by atoms with Gasteiger partial charge >= 0.3 is 5.97 Å². The highest BCUT2D eigenvalue weighted by Crippen LogP contribution is 2.22. The van der Waals surface area contributed by atoms with Crippen LogP contribution in [0.15, 0.2) is 12.1 Å². The largest absolute Gasteiger partial charge is 0.481 e. The first-order valence-corrected chi connectivity index (χ1v) is 6.34. The Kier molecular flexibility index (Phi) is 5.25. The Morgan fingerprint density at radius 2 is 2.31 bits per heavy atom. The minimum Gasteiger partial charge on any atom is -0.481 e. The van der Waals surface area contributed by atoms with Gasteiger partial charge in [-0.25, -0.2) is 0 Å². The summed E-state index contributed by atoms with van der Waals surface area (Å²) < 4.78 is 0.794. The molecule has 0 aliphatic rings. The van der Waals surface area contributed by atoms with Gasteiger partial charge in [0.25, 0.3) is 0 Å². The summed E-state index contributed by atoms with van der Waals surface area (Å²) in [6.45, 7) is 3.34. The lowest BCUT2D eigenvalue weighted by atomic mass is 10.1. The topological polar surface area (TPSA) is 40.5 Å². The summed E-state index contributed by atoms with van der Waals surface area (Å²) in [6, 6.07) is 3.89. The van der Waals surface area contributed by atoms with Crippen LogP contribution in [0, 0.1) is 5.92 Å². The van der Waals surface area contributed by atoms with Crippen molar-refractivity contribution in [3.63, 3.8) is 0 Å². The van der Waals surface area contributed by atoms with E-state index in [-0.39, 0.29) is 5.92 Å². The van der Waals surface area contributed by atoms with Gasteiger partial charge in [-0.1, -0.05) is 18.5 Å². The van der Waals surface area contributed by atoms with Gasteiger partial charge in [0.2, 0.25) is 0 Å². The Hall–Kier alpha value is -0.580. The van der Waals surface area contributed by atoms with E-state index in [9.17, 15) is 4.79 Å². The Labute approximate surface area is 105 Å². The molecular weight excluding hydrogens is 246 g/mol. The maximum Gasteiger partial charge on any atom is 0.306 e. The van der Waals surface area contributed by atoms with Crippen molar-refractivity contribution >= 4 is 28.9 Å². The number of aliphatic carboxylic acids is 1. The van der Waals surface area contributed by atoms with Crippen molar-refractivity contribution in [3.05, 3.63) is 21.3 Å². The minimum absolute atomic E-state index is 0.283. The molecule has 0 radical (unpaired) electrons. The van der Waals surface area contributed by atoms with E-state index in [0.717, 1.165) is 17.4 Å². The van der Waals surface area contributed by atoms with Crippen molar-refractivity contribution in [1.29, 1.82) is 0 Å². The number of carbonyl (C=O) groups is 1. The molecule has 1 N–H and O–H groups in total. The van der Waals surface area contributed by atoms with E-state index in [1.807, 2.05) is 19.2 Å². The Morgan fingerprint density at radius 1 is 1.62 bits per heavy atom. The normalized spacial score (nSPS) is 13.0. The zero-order valence-corrected chi connectivity index (χ0v) is 11.0. The zero-order chi connectivity index (χ0) is 12.1. The first-order chi connectivity index (χ1) is 7.49. The second kappa shape index (κ2) is 6.23. The first-order valence-electron chi connectivity index (χ1n) is 5.14. The predicted molar refractivity (Wildman–Crippen MR) is 67.1 cm³/mol. The predicted octanol–water partition coefficient (Wildman–Crippen LogP) is 2.94. The molecule has 1 heterocycles. The van der Waals surface area contributed by atoms with Crippen LogP contribution in [0.2, 0.25) is 4.34 Å². The molecule has 5 heteroatoms. The van der Waals surface area contributed by atoms with Crippen LogP contribution in [0.4, 0.5) is 0 Å². The van der Waals surface area contributed by atoms with E-state index < -0.39 is 5.97 Å². The van der Waals surface area contributed by atoms with Gasteiger partial charge in [0, 0.05) is 11.4 Å². The van der Waals surface area contributed by atoms with E-state index >= 15 is 0 Å². The van der Waals surface area contributed by atoms with Gasteiger partial charge < -0.3 is 10.0 Å². The van der Waals surface area contributed by atoms with E-state index in [1.54, 1.807) is 18.3 Å². The van der Waals surface area contributed by atoms with E-state index in [2.05, 4.69) is 4.90 Å². The molecule has 0 spiro atoms. The average molecular weight is 262 g/mol. The number of carboxylic acids is 1. The number of halogens is 1. The molecular formula is C11H16ClNO2S. The summed E-state index contributed by atoms with van der Waals surface area (Å²) in [5.41, 5.74) is 0. The van der Waals surface area contributed by atoms with E-state index in [0.29, 0.717) is 6.42 Å². The molecule has 0 amide bonds. The highest BCUT2D eigenvalue weighted by molar-refractivity contribution is 7.16. The van der Waals surface area contributed by atoms with Gasteiger partial charge in [-0.2, -0.15) is 0 Å². The standard InChI is InChI=1S/C11H16ClNO2S/c1-8(11(14)15)5-6-13(2)7-9-3-4-10(12)16-9/h3-4,8H,5-7H2,1-2H3,(H,14,15). The van der Waals surface area contributed by atoms with Crippen molar-refractivity contribution in [1.82, 2.24) is 4.90 Å². The second-order valence-electron chi connectivity index (χ2n) is 3.97. The molecule has 0 aromatic carbocycles. The van der Waals surface area contributed by atoms with Crippen LogP contribution in [-0.4, -0.2) is 29.6 Å². The van der Waals surface area contributed by atoms with Gasteiger partial charge in [-0.05, 0) is 32.1 Å². The third-order valence-corrected chi connectivity index (χ3v) is 3.64. The SMILES string of the molecule is CC(CCN(C)Cc1ccc(Cl)s1)C(=O)O. The van der Waals surface area contributed by atoms with Gasteiger partial charge in [0.1, 0.15) is 0 Å². The molecule has 16 heavy (non-hydrogen) atoms. The van der Waals surface area contributed by atoms with Crippen molar-refractivity contribution in [2.24, 2.45) is 5.92 Å². The molecule has 1 aromatic heterocycles. The lowest BCUT2D eigenvalue weighted by Gasteiger charge is -2.16. The van der Waals surface area contributed by atoms with Crippen molar-refractivity contribution in [2.45, 2.75) is 19.9 Å². The number of nitrogens with zero attached hydrogens (tertiary/aromatic N) is 1. The lowest BCUT2D eigenvalue weighted by Crippen LogP contribution is -2.22. The Morgan fingerprint density at radius 3 is 2.81 bits per heavy atom. The summed E-state index contributed by atoms with van der Waals surface area (Å²) in [5, 5.41) is 8.75. The first kappa shape index (κ1) is 13.5. The molecule has 1 unspecified atom stereocenters. The minimum atomic E-state index is -0.729. The highest BCUT2D eigenvalue weighted by Gasteiger charge is 2.12. The lowest BCUT2D eigenvalue weighted by molar-refractivity contribution is -0.141. The highest BCUT2D eigenvalue weighted by atomic mass is 35.5. The quantitative estimate of drug-likeness (QED) is 0.856. The van der Waals surface area contributed by atoms with Crippen LogP contribution >= 0.6 is 22.9 Å². The van der Waals surface area contributed by atoms with Crippen LogP contribution in [-0.2, 0) is 11.3 Å². The number of thiophene rings is 1. The summed E-state index contributed by atoms with van der Waals surface area (Å²) in [5.74, 6) is -1.01. The summed E-state index contributed by atoms with van der Waals surface area (Å²) >= 11 is 7.40. The van der Waals surface area contributed by atoms with Crippen molar-refractivity contribution < 1.29 is 9.90 Å². The van der Waals surface area contributed by atoms with E-state index in [4.69, 9.17) is 16.7 Å². The van der Waals surface area contributed by atoms with Gasteiger partial charge in [-0.3, -0.25) is 4.79 Å². The number of hydrogen-bond donors (Lipinski definition) is 1. The summed E-state index contributed by atoms with van der Waals surface area (Å²) in [7, 11) is 1.99. The average Bonchev–Trinajstić information content (AvgIpc) is 2.60. The maximum atomic E-state index is 10.6. The van der Waals surface area contributed by atoms with Gasteiger partial charge in [0.15, 0.2) is 0 Å². The molecule has 0 bridgehead atoms.